The minimum atomic E-state index is -0.381. The summed E-state index contributed by atoms with van der Waals surface area (Å²) in [7, 11) is 0. The highest BCUT2D eigenvalue weighted by atomic mass is 16.5. The zero-order chi connectivity index (χ0) is 14.1. The fourth-order valence-electron chi connectivity index (χ4n) is 4.17. The summed E-state index contributed by atoms with van der Waals surface area (Å²) in [6.07, 6.45) is 4.89. The minimum Gasteiger partial charge on any atom is -0.354 e. The van der Waals surface area contributed by atoms with Crippen molar-refractivity contribution in [2.24, 2.45) is 10.8 Å². The summed E-state index contributed by atoms with van der Waals surface area (Å²) in [5.74, 6) is 0.320. The molecule has 1 aliphatic carbocycles. The average molecular weight is 263 g/mol. The number of fused-ring (bicyclic) bond motifs is 1. The Morgan fingerprint density at radius 1 is 1.42 bits per heavy atom. The van der Waals surface area contributed by atoms with Crippen LogP contribution in [0.2, 0.25) is 0 Å². The van der Waals surface area contributed by atoms with Gasteiger partial charge in [-0.25, -0.2) is 0 Å². The Labute approximate surface area is 116 Å². The molecule has 19 heavy (non-hydrogen) atoms. The van der Waals surface area contributed by atoms with Crippen molar-refractivity contribution in [1.29, 1.82) is 0 Å². The molecule has 0 N–H and O–H groups in total. The molecule has 2 saturated heterocycles. The second-order valence-corrected chi connectivity index (χ2v) is 7.93. The van der Waals surface area contributed by atoms with E-state index in [4.69, 9.17) is 4.74 Å². The van der Waals surface area contributed by atoms with Gasteiger partial charge in [0.15, 0.2) is 0 Å². The van der Waals surface area contributed by atoms with Gasteiger partial charge in [-0.15, -0.1) is 0 Å². The van der Waals surface area contributed by atoms with Gasteiger partial charge in [-0.3, -0.25) is 4.79 Å². The molecule has 3 atom stereocenters. The Morgan fingerprint density at radius 2 is 2.11 bits per heavy atom. The maximum Gasteiger partial charge on any atom is 0.232 e. The van der Waals surface area contributed by atoms with Gasteiger partial charge in [0.2, 0.25) is 5.91 Å². The number of hydrogen-bond acceptors (Lipinski definition) is 2. The highest BCUT2D eigenvalue weighted by molar-refractivity contribution is 5.87. The third-order valence-corrected chi connectivity index (χ3v) is 5.17. The number of hydrogen-bond donors (Lipinski definition) is 0. The molecule has 2 aliphatic heterocycles. The number of rotatable bonds is 0. The molecular formula is C16H25NO2. The number of amides is 1. The largest absolute Gasteiger partial charge is 0.354 e. The predicted molar refractivity (Wildman–Crippen MR) is 74.5 cm³/mol. The normalized spacial score (nSPS) is 42.2. The molecule has 3 rings (SSSR count). The van der Waals surface area contributed by atoms with Gasteiger partial charge < -0.3 is 9.64 Å². The van der Waals surface area contributed by atoms with E-state index in [2.05, 4.69) is 45.6 Å². The SMILES string of the molecule is CC1=CC[C@@]2(C1)C[C@@]1(C)OC[C@H](C(C)(C)C)N1C2=O. The second-order valence-electron chi connectivity index (χ2n) is 7.93. The van der Waals surface area contributed by atoms with Crippen molar-refractivity contribution >= 4 is 5.91 Å². The number of allylic oxidation sites excluding steroid dienone is 2. The highest BCUT2D eigenvalue weighted by Gasteiger charge is 2.64. The van der Waals surface area contributed by atoms with Crippen molar-refractivity contribution in [3.05, 3.63) is 11.6 Å². The topological polar surface area (TPSA) is 29.5 Å². The Balaban J connectivity index is 1.95. The molecule has 0 aromatic carbocycles. The van der Waals surface area contributed by atoms with Crippen LogP contribution in [0.25, 0.3) is 0 Å². The summed E-state index contributed by atoms with van der Waals surface area (Å²) < 4.78 is 6.08. The first-order valence-electron chi connectivity index (χ1n) is 7.31. The van der Waals surface area contributed by atoms with Gasteiger partial charge in [0.1, 0.15) is 5.72 Å². The number of nitrogens with zero attached hydrogens (tertiary/aromatic N) is 1. The van der Waals surface area contributed by atoms with Crippen molar-refractivity contribution < 1.29 is 9.53 Å². The van der Waals surface area contributed by atoms with Crippen LogP contribution in [-0.2, 0) is 9.53 Å². The smallest absolute Gasteiger partial charge is 0.232 e. The number of carbonyl (C=O) groups is 1. The van der Waals surface area contributed by atoms with Gasteiger partial charge in [0.05, 0.1) is 18.1 Å². The standard InChI is InChI=1S/C16H25NO2/c1-11-6-7-16(8-11)10-15(5)17(13(16)18)12(9-19-15)14(2,3)4/h6,12H,7-10H2,1-5H3/t12-,15-,16-/m1/s1. The summed E-state index contributed by atoms with van der Waals surface area (Å²) in [6.45, 7) is 11.5. The summed E-state index contributed by atoms with van der Waals surface area (Å²) in [4.78, 5) is 15.1. The third kappa shape index (κ3) is 1.70. The van der Waals surface area contributed by atoms with E-state index in [1.54, 1.807) is 0 Å². The summed E-state index contributed by atoms with van der Waals surface area (Å²) in [5.41, 5.74) is 0.835. The molecule has 0 bridgehead atoms. The monoisotopic (exact) mass is 263 g/mol. The van der Waals surface area contributed by atoms with Gasteiger partial charge in [0, 0.05) is 6.42 Å². The first-order valence-corrected chi connectivity index (χ1v) is 7.31. The molecule has 0 unspecified atom stereocenters. The third-order valence-electron chi connectivity index (χ3n) is 5.17. The van der Waals surface area contributed by atoms with Crippen LogP contribution in [0.4, 0.5) is 0 Å². The van der Waals surface area contributed by atoms with Crippen LogP contribution < -0.4 is 0 Å². The maximum absolute atomic E-state index is 13.0. The van der Waals surface area contributed by atoms with Crippen molar-refractivity contribution in [3.63, 3.8) is 0 Å². The molecule has 0 saturated carbocycles. The number of carbonyl (C=O) groups excluding carboxylic acids is 1. The van der Waals surface area contributed by atoms with Crippen LogP contribution in [0.5, 0.6) is 0 Å². The highest BCUT2D eigenvalue weighted by Crippen LogP contribution is 2.56. The lowest BCUT2D eigenvalue weighted by Gasteiger charge is -2.36. The molecule has 2 heterocycles. The van der Waals surface area contributed by atoms with Crippen molar-refractivity contribution in [2.45, 2.75) is 65.6 Å². The molecule has 0 aromatic heterocycles. The first-order chi connectivity index (χ1) is 8.68. The second kappa shape index (κ2) is 3.63. The van der Waals surface area contributed by atoms with Gasteiger partial charge in [0.25, 0.3) is 0 Å². The molecule has 0 radical (unpaired) electrons. The lowest BCUT2D eigenvalue weighted by Crippen LogP contribution is -2.49. The quantitative estimate of drug-likeness (QED) is 0.628. The lowest BCUT2D eigenvalue weighted by atomic mass is 9.80. The first kappa shape index (κ1) is 13.2. The molecular weight excluding hydrogens is 238 g/mol. The van der Waals surface area contributed by atoms with E-state index >= 15 is 0 Å². The fraction of sp³-hybridized carbons (Fsp3) is 0.812. The Morgan fingerprint density at radius 3 is 2.63 bits per heavy atom. The predicted octanol–water partition coefficient (Wildman–Crippen LogP) is 3.11. The van der Waals surface area contributed by atoms with E-state index in [1.165, 1.54) is 5.57 Å². The molecule has 106 valence electrons. The van der Waals surface area contributed by atoms with Gasteiger partial charge in [-0.2, -0.15) is 0 Å². The Bertz CT molecular complexity index is 462. The fourth-order valence-corrected chi connectivity index (χ4v) is 4.17. The maximum atomic E-state index is 13.0. The molecule has 2 fully saturated rings. The average Bonchev–Trinajstić information content (AvgIpc) is 2.84. The zero-order valence-electron chi connectivity index (χ0n) is 12.7. The molecule has 3 heteroatoms. The van der Waals surface area contributed by atoms with Crippen LogP contribution >= 0.6 is 0 Å². The number of ether oxygens (including phenoxy) is 1. The van der Waals surface area contributed by atoms with Gasteiger partial charge in [-0.05, 0) is 32.1 Å². The van der Waals surface area contributed by atoms with Crippen LogP contribution in [0.1, 0.15) is 53.9 Å². The van der Waals surface area contributed by atoms with Crippen molar-refractivity contribution in [3.8, 4) is 0 Å². The Kier molecular flexibility index (Phi) is 2.52. The van der Waals surface area contributed by atoms with E-state index in [0.717, 1.165) is 19.3 Å². The Hall–Kier alpha value is -0.830. The van der Waals surface area contributed by atoms with Crippen LogP contribution in [-0.4, -0.2) is 29.2 Å². The molecule has 1 amide bonds. The lowest BCUT2D eigenvalue weighted by molar-refractivity contribution is -0.143. The van der Waals surface area contributed by atoms with E-state index in [1.807, 2.05) is 0 Å². The summed E-state index contributed by atoms with van der Waals surface area (Å²) in [6, 6.07) is 0.199. The summed E-state index contributed by atoms with van der Waals surface area (Å²) >= 11 is 0. The summed E-state index contributed by atoms with van der Waals surface area (Å²) in [5, 5.41) is 0. The van der Waals surface area contributed by atoms with E-state index in [-0.39, 0.29) is 22.6 Å². The van der Waals surface area contributed by atoms with Crippen molar-refractivity contribution in [1.82, 2.24) is 4.90 Å². The van der Waals surface area contributed by atoms with Crippen LogP contribution in [0, 0.1) is 10.8 Å². The van der Waals surface area contributed by atoms with Crippen molar-refractivity contribution in [2.75, 3.05) is 6.61 Å². The molecule has 3 aliphatic rings. The van der Waals surface area contributed by atoms with Gasteiger partial charge >= 0.3 is 0 Å². The zero-order valence-corrected chi connectivity index (χ0v) is 12.7. The van der Waals surface area contributed by atoms with Crippen LogP contribution in [0.15, 0.2) is 11.6 Å². The van der Waals surface area contributed by atoms with Gasteiger partial charge in [-0.1, -0.05) is 32.4 Å². The molecule has 1 spiro atoms. The minimum absolute atomic E-state index is 0.0695. The van der Waals surface area contributed by atoms with E-state index in [0.29, 0.717) is 12.5 Å². The molecule has 0 aromatic rings. The van der Waals surface area contributed by atoms with Crippen LogP contribution in [0.3, 0.4) is 0 Å². The van der Waals surface area contributed by atoms with E-state index < -0.39 is 0 Å². The van der Waals surface area contributed by atoms with E-state index in [9.17, 15) is 4.79 Å². The molecule has 3 nitrogen and oxygen atoms in total.